The largest absolute Gasteiger partial charge is 0.406 e. The van der Waals surface area contributed by atoms with Crippen molar-refractivity contribution in [3.05, 3.63) is 0 Å². The van der Waals surface area contributed by atoms with Gasteiger partial charge in [0.05, 0.1) is 0 Å². The van der Waals surface area contributed by atoms with Crippen LogP contribution in [0.4, 0.5) is 13.2 Å². The van der Waals surface area contributed by atoms with Gasteiger partial charge in [-0.2, -0.15) is 13.2 Å². The van der Waals surface area contributed by atoms with Crippen LogP contribution in [0.15, 0.2) is 0 Å². The van der Waals surface area contributed by atoms with Gasteiger partial charge in [0.2, 0.25) is 0 Å². The average Bonchev–Trinajstić information content (AvgIpc) is 2.15. The molecule has 1 aliphatic carbocycles. The molecule has 0 amide bonds. The zero-order chi connectivity index (χ0) is 13.1. The fourth-order valence-electron chi connectivity index (χ4n) is 3.11. The third-order valence-electron chi connectivity index (χ3n) is 3.72. The van der Waals surface area contributed by atoms with Crippen molar-refractivity contribution in [1.29, 1.82) is 0 Å². The standard InChI is InChI=1S/C13H24F3N/c1-4-17-12(13(14,15)16)7-5-6-11(9-12)8-10(2)3/h10-11,17H,4-9H2,1-3H3. The molecule has 4 heteroatoms. The number of rotatable bonds is 4. The lowest BCUT2D eigenvalue weighted by atomic mass is 9.72. The van der Waals surface area contributed by atoms with Gasteiger partial charge < -0.3 is 5.32 Å². The van der Waals surface area contributed by atoms with Gasteiger partial charge in [-0.25, -0.2) is 0 Å². The lowest BCUT2D eigenvalue weighted by molar-refractivity contribution is -0.209. The van der Waals surface area contributed by atoms with Gasteiger partial charge in [-0.1, -0.05) is 33.6 Å². The Morgan fingerprint density at radius 1 is 1.35 bits per heavy atom. The summed E-state index contributed by atoms with van der Waals surface area (Å²) in [4.78, 5) is 0. The molecule has 1 fully saturated rings. The SMILES string of the molecule is CCNC1(C(F)(F)F)CCCC(CC(C)C)C1. The highest BCUT2D eigenvalue weighted by molar-refractivity contribution is 4.99. The highest BCUT2D eigenvalue weighted by atomic mass is 19.4. The van der Waals surface area contributed by atoms with Crippen LogP contribution < -0.4 is 5.32 Å². The summed E-state index contributed by atoms with van der Waals surface area (Å²) in [5.74, 6) is 0.690. The van der Waals surface area contributed by atoms with Crippen LogP contribution in [0, 0.1) is 11.8 Å². The summed E-state index contributed by atoms with van der Waals surface area (Å²) in [5, 5.41) is 2.72. The summed E-state index contributed by atoms with van der Waals surface area (Å²) in [5.41, 5.74) is -1.63. The predicted molar refractivity (Wildman–Crippen MR) is 63.9 cm³/mol. The Hall–Kier alpha value is -0.250. The van der Waals surface area contributed by atoms with Crippen molar-refractivity contribution in [2.24, 2.45) is 11.8 Å². The van der Waals surface area contributed by atoms with Crippen LogP contribution in [0.5, 0.6) is 0 Å². The monoisotopic (exact) mass is 251 g/mol. The molecule has 2 unspecified atom stereocenters. The molecule has 0 aromatic rings. The smallest absolute Gasteiger partial charge is 0.304 e. The minimum atomic E-state index is -4.13. The maximum Gasteiger partial charge on any atom is 0.406 e. The Labute approximate surface area is 102 Å². The average molecular weight is 251 g/mol. The molecule has 102 valence electrons. The second-order valence-electron chi connectivity index (χ2n) is 5.70. The van der Waals surface area contributed by atoms with Crippen molar-refractivity contribution in [1.82, 2.24) is 5.32 Å². The Bertz CT molecular complexity index is 233. The first-order valence-electron chi connectivity index (χ1n) is 6.62. The highest BCUT2D eigenvalue weighted by Crippen LogP contribution is 2.45. The van der Waals surface area contributed by atoms with Crippen molar-refractivity contribution >= 4 is 0 Å². The molecule has 0 spiro atoms. The Morgan fingerprint density at radius 3 is 2.47 bits per heavy atom. The number of hydrogen-bond acceptors (Lipinski definition) is 1. The molecule has 1 N–H and O–H groups in total. The van der Waals surface area contributed by atoms with E-state index in [1.807, 2.05) is 0 Å². The molecule has 1 nitrogen and oxygen atoms in total. The van der Waals surface area contributed by atoms with Gasteiger partial charge in [0.15, 0.2) is 0 Å². The van der Waals surface area contributed by atoms with Crippen molar-refractivity contribution in [3.63, 3.8) is 0 Å². The van der Waals surface area contributed by atoms with Crippen LogP contribution >= 0.6 is 0 Å². The first-order chi connectivity index (χ1) is 7.81. The molecule has 1 saturated carbocycles. The van der Waals surface area contributed by atoms with Gasteiger partial charge in [0.25, 0.3) is 0 Å². The van der Waals surface area contributed by atoms with E-state index in [-0.39, 0.29) is 18.8 Å². The zero-order valence-electron chi connectivity index (χ0n) is 11.0. The van der Waals surface area contributed by atoms with Crippen molar-refractivity contribution in [2.45, 2.75) is 64.6 Å². The summed E-state index contributed by atoms with van der Waals surface area (Å²) >= 11 is 0. The van der Waals surface area contributed by atoms with E-state index in [1.165, 1.54) is 0 Å². The minimum absolute atomic E-state index is 0.212. The Balaban J connectivity index is 2.77. The van der Waals surface area contributed by atoms with Crippen LogP contribution in [0.1, 0.15) is 52.9 Å². The summed E-state index contributed by atoms with van der Waals surface area (Å²) in [6.45, 7) is 6.29. The predicted octanol–water partition coefficient (Wildman–Crippen LogP) is 4.13. The summed E-state index contributed by atoms with van der Waals surface area (Å²) in [6, 6.07) is 0. The van der Waals surface area contributed by atoms with E-state index in [0.29, 0.717) is 18.9 Å². The van der Waals surface area contributed by atoms with Crippen LogP contribution in [0.2, 0.25) is 0 Å². The third kappa shape index (κ3) is 3.60. The topological polar surface area (TPSA) is 12.0 Å². The van der Waals surface area contributed by atoms with Crippen molar-refractivity contribution in [3.8, 4) is 0 Å². The van der Waals surface area contributed by atoms with Crippen molar-refractivity contribution < 1.29 is 13.2 Å². The van der Waals surface area contributed by atoms with Crippen LogP contribution in [0.3, 0.4) is 0 Å². The van der Waals surface area contributed by atoms with Crippen LogP contribution in [-0.2, 0) is 0 Å². The molecule has 0 aliphatic heterocycles. The van der Waals surface area contributed by atoms with Crippen molar-refractivity contribution in [2.75, 3.05) is 6.54 Å². The first kappa shape index (κ1) is 14.8. The molecule has 17 heavy (non-hydrogen) atoms. The molecule has 2 atom stereocenters. The molecule has 0 aromatic heterocycles. The molecule has 0 aromatic carbocycles. The highest BCUT2D eigenvalue weighted by Gasteiger charge is 2.55. The van der Waals surface area contributed by atoms with Gasteiger partial charge in [-0.3, -0.25) is 0 Å². The molecule has 1 rings (SSSR count). The van der Waals surface area contributed by atoms with Gasteiger partial charge in [0, 0.05) is 0 Å². The second kappa shape index (κ2) is 5.59. The van der Waals surface area contributed by atoms with E-state index in [4.69, 9.17) is 0 Å². The van der Waals surface area contributed by atoms with E-state index in [9.17, 15) is 13.2 Å². The minimum Gasteiger partial charge on any atom is -0.304 e. The summed E-state index contributed by atoms with van der Waals surface area (Å²) in [7, 11) is 0. The Morgan fingerprint density at radius 2 is 2.00 bits per heavy atom. The summed E-state index contributed by atoms with van der Waals surface area (Å²) < 4.78 is 39.7. The number of nitrogens with one attached hydrogen (secondary N) is 1. The molecule has 0 heterocycles. The van der Waals surface area contributed by atoms with E-state index in [1.54, 1.807) is 6.92 Å². The van der Waals surface area contributed by atoms with Gasteiger partial charge in [-0.15, -0.1) is 0 Å². The second-order valence-corrected chi connectivity index (χ2v) is 5.70. The van der Waals surface area contributed by atoms with E-state index < -0.39 is 11.7 Å². The van der Waals surface area contributed by atoms with E-state index >= 15 is 0 Å². The van der Waals surface area contributed by atoms with E-state index in [0.717, 1.165) is 12.8 Å². The fraction of sp³-hybridized carbons (Fsp3) is 1.00. The van der Waals surface area contributed by atoms with E-state index in [2.05, 4.69) is 19.2 Å². The molecular formula is C13H24F3N. The molecule has 0 saturated heterocycles. The normalized spacial score (nSPS) is 30.9. The van der Waals surface area contributed by atoms with Crippen LogP contribution in [0.25, 0.3) is 0 Å². The van der Waals surface area contributed by atoms with Gasteiger partial charge >= 0.3 is 6.18 Å². The first-order valence-corrected chi connectivity index (χ1v) is 6.62. The molecule has 1 aliphatic rings. The molecule has 0 radical (unpaired) electrons. The maximum atomic E-state index is 13.2. The zero-order valence-corrected chi connectivity index (χ0v) is 11.0. The number of alkyl halides is 3. The molecular weight excluding hydrogens is 227 g/mol. The third-order valence-corrected chi connectivity index (χ3v) is 3.72. The number of halogens is 3. The fourth-order valence-corrected chi connectivity index (χ4v) is 3.11. The number of hydrogen-bond donors (Lipinski definition) is 1. The van der Waals surface area contributed by atoms with Gasteiger partial charge in [0.1, 0.15) is 5.54 Å². The summed E-state index contributed by atoms with van der Waals surface area (Å²) in [6.07, 6.45) is -1.10. The lowest BCUT2D eigenvalue weighted by Crippen LogP contribution is -2.59. The van der Waals surface area contributed by atoms with Crippen LogP contribution in [-0.4, -0.2) is 18.3 Å². The molecule has 0 bridgehead atoms. The lowest BCUT2D eigenvalue weighted by Gasteiger charge is -2.43. The quantitative estimate of drug-likeness (QED) is 0.792. The Kier molecular flexibility index (Phi) is 4.87. The maximum absolute atomic E-state index is 13.2. The van der Waals surface area contributed by atoms with Gasteiger partial charge in [-0.05, 0) is 37.6 Å².